The van der Waals surface area contributed by atoms with Crippen molar-refractivity contribution in [2.24, 2.45) is 0 Å². The van der Waals surface area contributed by atoms with Gasteiger partial charge in [0.05, 0.1) is 6.73 Å². The van der Waals surface area contributed by atoms with Gasteiger partial charge in [0.25, 0.3) is 0 Å². The topological polar surface area (TPSA) is 12.5 Å². The van der Waals surface area contributed by atoms with Crippen molar-refractivity contribution in [3.8, 4) is 0 Å². The third-order valence-electron chi connectivity index (χ3n) is 1.51. The molecule has 0 aliphatic carbocycles. The maximum atomic E-state index is 9.75. The lowest BCUT2D eigenvalue weighted by Gasteiger charge is -2.11. The summed E-state index contributed by atoms with van der Waals surface area (Å²) in [6.45, 7) is 3.28. The van der Waals surface area contributed by atoms with Crippen LogP contribution in [0.4, 0.5) is 17.3 Å². The number of rotatable bonds is 2. The van der Waals surface area contributed by atoms with E-state index in [1.54, 1.807) is 7.11 Å². The molecule has 0 amide bonds. The molecule has 0 atom stereocenters. The molecule has 1 heterocycles. The largest absolute Gasteiger partial charge is 0.673 e. The molecule has 0 spiro atoms. The summed E-state index contributed by atoms with van der Waals surface area (Å²) in [5, 5.41) is 0. The van der Waals surface area contributed by atoms with Crippen molar-refractivity contribution >= 4 is 7.25 Å². The quantitative estimate of drug-likeness (QED) is 0.501. The van der Waals surface area contributed by atoms with Gasteiger partial charge < -0.3 is 22.0 Å². The number of halogens is 4. The smallest absolute Gasteiger partial charge is 0.418 e. The summed E-state index contributed by atoms with van der Waals surface area (Å²) in [6, 6.07) is 0. The summed E-state index contributed by atoms with van der Waals surface area (Å²) in [4.78, 5) is 2.32. The maximum absolute atomic E-state index is 9.75. The van der Waals surface area contributed by atoms with E-state index in [1.807, 2.05) is 0 Å². The number of hydrogen-bond acceptors (Lipinski definition) is 2. The highest BCUT2D eigenvalue weighted by Crippen LogP contribution is 2.06. The van der Waals surface area contributed by atoms with Crippen molar-refractivity contribution in [3.05, 3.63) is 0 Å². The molecule has 0 N–H and O–H groups in total. The van der Waals surface area contributed by atoms with Crippen LogP contribution < -0.4 is 0 Å². The van der Waals surface area contributed by atoms with Gasteiger partial charge in [-0.25, -0.2) is 0 Å². The molecule has 7 heteroatoms. The van der Waals surface area contributed by atoms with Crippen LogP contribution in [-0.4, -0.2) is 39.1 Å². The first-order chi connectivity index (χ1) is 5.93. The average molecular weight is 202 g/mol. The molecule has 0 unspecified atom stereocenters. The number of likely N-dealkylation sites (tertiary alicyclic amines) is 1. The van der Waals surface area contributed by atoms with Gasteiger partial charge in [0.15, 0.2) is 0 Å². The summed E-state index contributed by atoms with van der Waals surface area (Å²) in [7, 11) is -4.25. The van der Waals surface area contributed by atoms with Gasteiger partial charge >= 0.3 is 7.25 Å². The number of methoxy groups -OCH3 is 1. The van der Waals surface area contributed by atoms with Crippen LogP contribution in [0.1, 0.15) is 12.8 Å². The van der Waals surface area contributed by atoms with Crippen molar-refractivity contribution in [2.75, 3.05) is 26.9 Å². The van der Waals surface area contributed by atoms with Gasteiger partial charge in [0, 0.05) is 20.2 Å². The molecule has 0 radical (unpaired) electrons. The Morgan fingerprint density at radius 1 is 1.15 bits per heavy atom. The highest BCUT2D eigenvalue weighted by molar-refractivity contribution is 6.50. The van der Waals surface area contributed by atoms with E-state index in [0.29, 0.717) is 0 Å². The predicted octanol–water partition coefficient (Wildman–Crippen LogP) is 1.99. The molecule has 1 saturated heterocycles. The fourth-order valence-corrected chi connectivity index (χ4v) is 1.09. The summed E-state index contributed by atoms with van der Waals surface area (Å²) >= 11 is 0. The molecule has 0 saturated carbocycles. The fraction of sp³-hybridized carbons (Fsp3) is 1.00. The van der Waals surface area contributed by atoms with E-state index in [-0.39, 0.29) is 0 Å². The van der Waals surface area contributed by atoms with Crippen LogP contribution in [0.2, 0.25) is 0 Å². The molecule has 0 bridgehead atoms. The molecule has 1 aliphatic rings. The molecule has 0 aromatic carbocycles. The van der Waals surface area contributed by atoms with Gasteiger partial charge in [-0.2, -0.15) is 0 Å². The Labute approximate surface area is 75.0 Å². The Hall–Kier alpha value is -0.295. The molecule has 1 rings (SSSR count). The van der Waals surface area contributed by atoms with E-state index in [0.717, 1.165) is 6.73 Å². The van der Waals surface area contributed by atoms with Crippen LogP contribution >= 0.6 is 0 Å². The van der Waals surface area contributed by atoms with E-state index in [9.17, 15) is 17.3 Å². The minimum Gasteiger partial charge on any atom is -0.418 e. The molecular formula is C6H13BF4NO-. The first kappa shape index (κ1) is 12.7. The molecule has 80 valence electrons. The lowest BCUT2D eigenvalue weighted by Crippen LogP contribution is -2.21. The Balaban J connectivity index is 0.000000252. The molecule has 0 aromatic rings. The van der Waals surface area contributed by atoms with Crippen LogP contribution in [0.25, 0.3) is 0 Å². The van der Waals surface area contributed by atoms with Gasteiger partial charge in [0.1, 0.15) is 0 Å². The van der Waals surface area contributed by atoms with Gasteiger partial charge in [-0.05, 0) is 12.8 Å². The van der Waals surface area contributed by atoms with Gasteiger partial charge in [-0.1, -0.05) is 0 Å². The van der Waals surface area contributed by atoms with Crippen molar-refractivity contribution < 1.29 is 22.0 Å². The zero-order valence-electron chi connectivity index (χ0n) is 7.48. The van der Waals surface area contributed by atoms with E-state index < -0.39 is 7.25 Å². The maximum Gasteiger partial charge on any atom is 0.673 e. The zero-order valence-corrected chi connectivity index (χ0v) is 7.48. The minimum atomic E-state index is -6.00. The van der Waals surface area contributed by atoms with Gasteiger partial charge in [-0.15, -0.1) is 0 Å². The van der Waals surface area contributed by atoms with E-state index in [4.69, 9.17) is 4.74 Å². The second-order valence-electron chi connectivity index (χ2n) is 2.74. The molecule has 0 aromatic heterocycles. The van der Waals surface area contributed by atoms with Crippen LogP contribution in [-0.2, 0) is 4.74 Å². The highest BCUT2D eigenvalue weighted by Gasteiger charge is 2.20. The van der Waals surface area contributed by atoms with Crippen LogP contribution in [0.15, 0.2) is 0 Å². The first-order valence-electron chi connectivity index (χ1n) is 4.02. The van der Waals surface area contributed by atoms with Crippen LogP contribution in [0.5, 0.6) is 0 Å². The Kier molecular flexibility index (Phi) is 6.06. The Morgan fingerprint density at radius 2 is 1.54 bits per heavy atom. The van der Waals surface area contributed by atoms with Crippen molar-refractivity contribution in [1.29, 1.82) is 0 Å². The van der Waals surface area contributed by atoms with E-state index >= 15 is 0 Å². The highest BCUT2D eigenvalue weighted by atomic mass is 19.5. The molecule has 1 fully saturated rings. The van der Waals surface area contributed by atoms with Crippen LogP contribution in [0.3, 0.4) is 0 Å². The number of ether oxygens (including phenoxy) is 1. The number of nitrogens with zero attached hydrogens (tertiary/aromatic N) is 1. The Morgan fingerprint density at radius 3 is 1.85 bits per heavy atom. The summed E-state index contributed by atoms with van der Waals surface area (Å²) < 4.78 is 44.0. The third kappa shape index (κ3) is 11.7. The lowest BCUT2D eigenvalue weighted by atomic mass is 10.3. The standard InChI is InChI=1S/C6H13NO.BF4/c1-8-6-7-4-2-3-5-7;2-1(3,4)5/h2-6H2,1H3;/q;-1. The van der Waals surface area contributed by atoms with E-state index in [1.165, 1.54) is 25.9 Å². The average Bonchev–Trinajstić information content (AvgIpc) is 2.36. The summed E-state index contributed by atoms with van der Waals surface area (Å²) in [6.07, 6.45) is 2.70. The van der Waals surface area contributed by atoms with Crippen molar-refractivity contribution in [3.63, 3.8) is 0 Å². The normalized spacial score (nSPS) is 18.2. The minimum absolute atomic E-state index is 0.819. The molecule has 2 nitrogen and oxygen atoms in total. The number of hydrogen-bond donors (Lipinski definition) is 0. The fourth-order valence-electron chi connectivity index (χ4n) is 1.09. The summed E-state index contributed by atoms with van der Waals surface area (Å²) in [5.41, 5.74) is 0. The van der Waals surface area contributed by atoms with Crippen molar-refractivity contribution in [1.82, 2.24) is 4.90 Å². The molecular weight excluding hydrogens is 189 g/mol. The molecule has 13 heavy (non-hydrogen) atoms. The van der Waals surface area contributed by atoms with E-state index in [2.05, 4.69) is 4.90 Å². The first-order valence-corrected chi connectivity index (χ1v) is 4.02. The Bertz CT molecular complexity index is 120. The zero-order chi connectivity index (χ0) is 10.3. The molecule has 1 aliphatic heterocycles. The third-order valence-corrected chi connectivity index (χ3v) is 1.51. The monoisotopic (exact) mass is 202 g/mol. The SMILES string of the molecule is COCN1CCCC1.F[B-](F)(F)F. The van der Waals surface area contributed by atoms with Crippen molar-refractivity contribution in [2.45, 2.75) is 12.8 Å². The predicted molar refractivity (Wildman–Crippen MR) is 42.9 cm³/mol. The van der Waals surface area contributed by atoms with Crippen LogP contribution in [0, 0.1) is 0 Å². The lowest BCUT2D eigenvalue weighted by molar-refractivity contribution is 0.0807. The summed E-state index contributed by atoms with van der Waals surface area (Å²) in [5.74, 6) is 0. The second-order valence-corrected chi connectivity index (χ2v) is 2.74. The second kappa shape index (κ2) is 6.20. The van der Waals surface area contributed by atoms with Gasteiger partial charge in [-0.3, -0.25) is 4.90 Å². The van der Waals surface area contributed by atoms with Gasteiger partial charge in [0.2, 0.25) is 0 Å².